The summed E-state index contributed by atoms with van der Waals surface area (Å²) in [6, 6.07) is 5.80. The van der Waals surface area contributed by atoms with Crippen LogP contribution in [0.25, 0.3) is 0 Å². The van der Waals surface area contributed by atoms with Gasteiger partial charge in [-0.15, -0.1) is 0 Å². The predicted octanol–water partition coefficient (Wildman–Crippen LogP) is 3.76. The molecule has 0 aromatic heterocycles. The molecule has 0 N–H and O–H groups in total. The minimum Gasteiger partial charge on any atom is -0.496 e. The molecule has 0 heterocycles. The molecule has 1 aromatic rings. The van der Waals surface area contributed by atoms with Crippen LogP contribution in [0.4, 0.5) is 0 Å². The van der Waals surface area contributed by atoms with Crippen LogP contribution < -0.4 is 4.74 Å². The molecule has 0 unspecified atom stereocenters. The molecule has 17 heavy (non-hydrogen) atoms. The van der Waals surface area contributed by atoms with E-state index in [4.69, 9.17) is 4.74 Å². The average molecular weight is 297 g/mol. The molecule has 2 nitrogen and oxygen atoms in total. The highest BCUT2D eigenvalue weighted by Gasteiger charge is 2.21. The second kappa shape index (κ2) is 5.67. The number of methoxy groups -OCH3 is 1. The van der Waals surface area contributed by atoms with Crippen molar-refractivity contribution in [3.05, 3.63) is 28.2 Å². The van der Waals surface area contributed by atoms with Crippen LogP contribution in [-0.2, 0) is 11.2 Å². The highest BCUT2D eigenvalue weighted by atomic mass is 79.9. The fraction of sp³-hybridized carbons (Fsp3) is 0.500. The lowest BCUT2D eigenvalue weighted by atomic mass is 9.81. The second-order valence-electron chi connectivity index (χ2n) is 4.67. The highest BCUT2D eigenvalue weighted by Crippen LogP contribution is 2.31. The predicted molar refractivity (Wildman–Crippen MR) is 71.4 cm³/mol. The molecule has 1 saturated carbocycles. The number of hydrogen-bond donors (Lipinski definition) is 0. The van der Waals surface area contributed by atoms with Gasteiger partial charge in [-0.3, -0.25) is 4.79 Å². The van der Waals surface area contributed by atoms with Crippen molar-refractivity contribution in [3.8, 4) is 5.75 Å². The molecular weight excluding hydrogens is 280 g/mol. The van der Waals surface area contributed by atoms with Crippen molar-refractivity contribution in [2.45, 2.75) is 32.1 Å². The summed E-state index contributed by atoms with van der Waals surface area (Å²) in [5.74, 6) is 1.77. The molecule has 0 aliphatic heterocycles. The highest BCUT2D eigenvalue weighted by molar-refractivity contribution is 9.10. The SMILES string of the molecule is COc1ccc(Br)cc1CC(=O)CC1CCC1. The van der Waals surface area contributed by atoms with Crippen LogP contribution in [0.5, 0.6) is 5.75 Å². The van der Waals surface area contributed by atoms with Gasteiger partial charge in [0, 0.05) is 22.9 Å². The second-order valence-corrected chi connectivity index (χ2v) is 5.59. The van der Waals surface area contributed by atoms with Crippen molar-refractivity contribution in [1.29, 1.82) is 0 Å². The van der Waals surface area contributed by atoms with Crippen molar-refractivity contribution < 1.29 is 9.53 Å². The molecule has 92 valence electrons. The van der Waals surface area contributed by atoms with Gasteiger partial charge in [0.05, 0.1) is 7.11 Å². The van der Waals surface area contributed by atoms with Gasteiger partial charge in [-0.2, -0.15) is 0 Å². The topological polar surface area (TPSA) is 26.3 Å². The van der Waals surface area contributed by atoms with E-state index in [1.54, 1.807) is 7.11 Å². The van der Waals surface area contributed by atoms with Crippen molar-refractivity contribution in [3.63, 3.8) is 0 Å². The first kappa shape index (κ1) is 12.6. The maximum Gasteiger partial charge on any atom is 0.137 e. The molecule has 0 bridgehead atoms. The van der Waals surface area contributed by atoms with Gasteiger partial charge in [-0.25, -0.2) is 0 Å². The summed E-state index contributed by atoms with van der Waals surface area (Å²) in [6.45, 7) is 0. The maximum atomic E-state index is 11.9. The van der Waals surface area contributed by atoms with Crippen LogP contribution >= 0.6 is 15.9 Å². The zero-order valence-electron chi connectivity index (χ0n) is 10.0. The van der Waals surface area contributed by atoms with Gasteiger partial charge in [0.1, 0.15) is 11.5 Å². The van der Waals surface area contributed by atoms with E-state index in [9.17, 15) is 4.79 Å². The molecule has 2 rings (SSSR count). The molecule has 1 fully saturated rings. The van der Waals surface area contributed by atoms with E-state index in [2.05, 4.69) is 15.9 Å². The zero-order valence-corrected chi connectivity index (χ0v) is 11.6. The van der Waals surface area contributed by atoms with E-state index in [-0.39, 0.29) is 0 Å². The summed E-state index contributed by atoms with van der Waals surface area (Å²) >= 11 is 3.42. The summed E-state index contributed by atoms with van der Waals surface area (Å²) in [5, 5.41) is 0. The van der Waals surface area contributed by atoms with E-state index in [0.29, 0.717) is 18.1 Å². The molecule has 1 aromatic carbocycles. The summed E-state index contributed by atoms with van der Waals surface area (Å²) < 4.78 is 6.26. The Morgan fingerprint density at radius 3 is 2.82 bits per heavy atom. The van der Waals surface area contributed by atoms with E-state index in [1.165, 1.54) is 19.3 Å². The summed E-state index contributed by atoms with van der Waals surface area (Å²) in [7, 11) is 1.64. The van der Waals surface area contributed by atoms with Gasteiger partial charge < -0.3 is 4.74 Å². The van der Waals surface area contributed by atoms with Gasteiger partial charge in [0.15, 0.2) is 0 Å². The zero-order chi connectivity index (χ0) is 12.3. The number of hydrogen-bond acceptors (Lipinski definition) is 2. The van der Waals surface area contributed by atoms with Gasteiger partial charge in [0.2, 0.25) is 0 Å². The molecule has 1 aliphatic rings. The van der Waals surface area contributed by atoms with Crippen LogP contribution in [0.2, 0.25) is 0 Å². The minimum atomic E-state index is 0.325. The number of Topliss-reactive ketones (excluding diaryl/α,β-unsaturated/α-hetero) is 1. The van der Waals surface area contributed by atoms with E-state index >= 15 is 0 Å². The van der Waals surface area contributed by atoms with Crippen molar-refractivity contribution in [2.75, 3.05) is 7.11 Å². The number of ketones is 1. The Bertz CT molecular complexity index is 411. The number of carbonyl (C=O) groups excluding carboxylic acids is 1. The van der Waals surface area contributed by atoms with Crippen LogP contribution in [0.3, 0.4) is 0 Å². The fourth-order valence-electron chi connectivity index (χ4n) is 2.19. The maximum absolute atomic E-state index is 11.9. The number of rotatable bonds is 5. The molecule has 0 saturated heterocycles. The van der Waals surface area contributed by atoms with E-state index < -0.39 is 0 Å². The Labute approximate surface area is 110 Å². The molecule has 0 atom stereocenters. The number of ether oxygens (including phenoxy) is 1. The summed E-state index contributed by atoms with van der Waals surface area (Å²) in [5.41, 5.74) is 0.978. The first-order valence-electron chi connectivity index (χ1n) is 6.03. The summed E-state index contributed by atoms with van der Waals surface area (Å²) in [4.78, 5) is 11.9. The molecule has 0 radical (unpaired) electrons. The Hall–Kier alpha value is -0.830. The quantitative estimate of drug-likeness (QED) is 0.827. The first-order valence-corrected chi connectivity index (χ1v) is 6.82. The molecule has 0 spiro atoms. The standard InChI is InChI=1S/C14H17BrO2/c1-17-14-6-5-12(15)8-11(14)9-13(16)7-10-3-2-4-10/h5-6,8,10H,2-4,7,9H2,1H3. The van der Waals surface area contributed by atoms with E-state index in [0.717, 1.165) is 22.2 Å². The third-order valence-corrected chi connectivity index (χ3v) is 3.86. The number of benzene rings is 1. The van der Waals surface area contributed by atoms with Gasteiger partial charge in [0.25, 0.3) is 0 Å². The largest absolute Gasteiger partial charge is 0.496 e. The molecule has 1 aliphatic carbocycles. The first-order chi connectivity index (χ1) is 8.19. The number of halogens is 1. The molecule has 0 amide bonds. The van der Waals surface area contributed by atoms with Crippen LogP contribution in [0.15, 0.2) is 22.7 Å². The third-order valence-electron chi connectivity index (χ3n) is 3.37. The Morgan fingerprint density at radius 1 is 1.47 bits per heavy atom. The van der Waals surface area contributed by atoms with Crippen LogP contribution in [0.1, 0.15) is 31.2 Å². The minimum absolute atomic E-state index is 0.325. The molecule has 3 heteroatoms. The van der Waals surface area contributed by atoms with Crippen molar-refractivity contribution in [2.24, 2.45) is 5.92 Å². The van der Waals surface area contributed by atoms with Crippen LogP contribution in [0, 0.1) is 5.92 Å². The fourth-order valence-corrected chi connectivity index (χ4v) is 2.60. The number of carbonyl (C=O) groups is 1. The smallest absolute Gasteiger partial charge is 0.137 e. The van der Waals surface area contributed by atoms with Gasteiger partial charge in [-0.05, 0) is 24.1 Å². The Morgan fingerprint density at radius 2 is 2.24 bits per heavy atom. The third kappa shape index (κ3) is 3.32. The van der Waals surface area contributed by atoms with Gasteiger partial charge >= 0.3 is 0 Å². The Kier molecular flexibility index (Phi) is 4.21. The van der Waals surface area contributed by atoms with Crippen LogP contribution in [-0.4, -0.2) is 12.9 Å². The van der Waals surface area contributed by atoms with Crippen molar-refractivity contribution in [1.82, 2.24) is 0 Å². The van der Waals surface area contributed by atoms with E-state index in [1.807, 2.05) is 18.2 Å². The monoisotopic (exact) mass is 296 g/mol. The Balaban J connectivity index is 2.00. The normalized spacial score (nSPS) is 15.4. The molecular formula is C14H17BrO2. The van der Waals surface area contributed by atoms with Crippen molar-refractivity contribution >= 4 is 21.7 Å². The average Bonchev–Trinajstić information content (AvgIpc) is 2.24. The lowest BCUT2D eigenvalue weighted by molar-refractivity contribution is -0.119. The lowest BCUT2D eigenvalue weighted by Gasteiger charge is -2.24. The lowest BCUT2D eigenvalue weighted by Crippen LogP contribution is -2.17. The summed E-state index contributed by atoms with van der Waals surface area (Å²) in [6.07, 6.45) is 4.95. The van der Waals surface area contributed by atoms with Gasteiger partial charge in [-0.1, -0.05) is 35.2 Å².